The lowest BCUT2D eigenvalue weighted by molar-refractivity contribution is 0.399. The highest BCUT2D eigenvalue weighted by atomic mass is 16.3. The maximum Gasteiger partial charge on any atom is 0.125 e. The van der Waals surface area contributed by atoms with Crippen molar-refractivity contribution < 1.29 is 5.11 Å². The molecule has 5 rings (SSSR count). The zero-order valence-electron chi connectivity index (χ0n) is 26.4. The molecule has 1 aliphatic carbocycles. The van der Waals surface area contributed by atoms with Crippen molar-refractivity contribution in [3.63, 3.8) is 0 Å². The Labute approximate surface area is 263 Å². The second-order valence-corrected chi connectivity index (χ2v) is 12.1. The third kappa shape index (κ3) is 6.31. The number of aromatic nitrogens is 1. The number of phenolic OH excluding ortho intramolecular Hbond substituents is 1. The number of nitrogens with zero attached hydrogens (tertiary/aromatic N) is 1. The molecule has 1 heterocycles. The summed E-state index contributed by atoms with van der Waals surface area (Å²) < 4.78 is 0. The van der Waals surface area contributed by atoms with Gasteiger partial charge in [0.1, 0.15) is 5.75 Å². The zero-order chi connectivity index (χ0) is 30.9. The van der Waals surface area contributed by atoms with Crippen LogP contribution in [0.2, 0.25) is 0 Å². The van der Waals surface area contributed by atoms with Gasteiger partial charge in [0, 0.05) is 27.8 Å². The molecule has 3 aromatic carbocycles. The standard InChI is InChI=1S/C40H47N3O/c1-3-5-7-12-25-40(26-13-8-6-4-2)33-19-15-20-37(44)38(33)39-34(40)23-24-36(43-39)30-21-22-32(35(42)28-30)31-18-10-9-16-29(31)17-11-14-27-41/h9-11,14-24,27-28,44H,3-8,12-13,25-26,41-42H2,1-2H3/b17-11?,27-14-. The van der Waals surface area contributed by atoms with Crippen molar-refractivity contribution >= 4 is 11.8 Å². The van der Waals surface area contributed by atoms with E-state index in [-0.39, 0.29) is 5.41 Å². The highest BCUT2D eigenvalue weighted by Gasteiger charge is 2.44. The molecule has 0 fully saturated rings. The predicted octanol–water partition coefficient (Wildman–Crippen LogP) is 10.4. The van der Waals surface area contributed by atoms with Gasteiger partial charge in [-0.05, 0) is 65.6 Å². The van der Waals surface area contributed by atoms with Gasteiger partial charge in [0.05, 0.1) is 11.4 Å². The number of aromatic hydroxyl groups is 1. The highest BCUT2D eigenvalue weighted by molar-refractivity contribution is 5.87. The second kappa shape index (κ2) is 14.4. The fourth-order valence-corrected chi connectivity index (χ4v) is 6.98. The van der Waals surface area contributed by atoms with Crippen LogP contribution in [0.15, 0.2) is 91.1 Å². The van der Waals surface area contributed by atoms with Crippen molar-refractivity contribution in [2.45, 2.75) is 83.5 Å². The van der Waals surface area contributed by atoms with Crippen molar-refractivity contribution in [3.05, 3.63) is 108 Å². The number of unbranched alkanes of at least 4 members (excludes halogenated alkanes) is 6. The van der Waals surface area contributed by atoms with E-state index in [4.69, 9.17) is 16.5 Å². The van der Waals surface area contributed by atoms with Gasteiger partial charge in [0.15, 0.2) is 0 Å². The van der Waals surface area contributed by atoms with E-state index in [1.54, 1.807) is 0 Å². The number of rotatable bonds is 14. The number of nitrogen functional groups attached to an aromatic ring is 1. The molecule has 4 aromatic rings. The van der Waals surface area contributed by atoms with Crippen LogP contribution >= 0.6 is 0 Å². The molecule has 0 radical (unpaired) electrons. The normalized spacial score (nSPS) is 13.5. The smallest absolute Gasteiger partial charge is 0.125 e. The van der Waals surface area contributed by atoms with Crippen LogP contribution in [-0.2, 0) is 5.41 Å². The van der Waals surface area contributed by atoms with E-state index in [2.05, 4.69) is 56.3 Å². The molecule has 0 bridgehead atoms. The summed E-state index contributed by atoms with van der Waals surface area (Å²) in [4.78, 5) is 5.27. The maximum atomic E-state index is 11.2. The van der Waals surface area contributed by atoms with Gasteiger partial charge >= 0.3 is 0 Å². The summed E-state index contributed by atoms with van der Waals surface area (Å²) in [5, 5.41) is 11.2. The summed E-state index contributed by atoms with van der Waals surface area (Å²) in [6.07, 6.45) is 19.2. The number of anilines is 1. The third-order valence-corrected chi connectivity index (χ3v) is 9.22. The van der Waals surface area contributed by atoms with Crippen LogP contribution in [0.3, 0.4) is 0 Å². The van der Waals surface area contributed by atoms with Crippen LogP contribution in [0.25, 0.3) is 39.7 Å². The molecule has 0 saturated carbocycles. The van der Waals surface area contributed by atoms with Crippen LogP contribution in [0.1, 0.15) is 94.7 Å². The summed E-state index contributed by atoms with van der Waals surface area (Å²) in [5.41, 5.74) is 22.1. The van der Waals surface area contributed by atoms with Crippen molar-refractivity contribution in [3.8, 4) is 39.4 Å². The molecule has 0 aliphatic heterocycles. The van der Waals surface area contributed by atoms with E-state index < -0.39 is 0 Å². The quantitative estimate of drug-likeness (QED) is 0.0780. The van der Waals surface area contributed by atoms with E-state index in [1.807, 2.05) is 48.6 Å². The number of nitrogens with two attached hydrogens (primary N) is 2. The first-order valence-electron chi connectivity index (χ1n) is 16.4. The molecule has 1 aliphatic rings. The summed E-state index contributed by atoms with van der Waals surface area (Å²) >= 11 is 0. The molecule has 0 unspecified atom stereocenters. The second-order valence-electron chi connectivity index (χ2n) is 12.1. The minimum Gasteiger partial charge on any atom is -0.507 e. The van der Waals surface area contributed by atoms with Gasteiger partial charge in [-0.1, -0.05) is 132 Å². The minimum absolute atomic E-state index is 0.115. The molecule has 0 amide bonds. The Kier molecular flexibility index (Phi) is 10.2. The molecule has 4 nitrogen and oxygen atoms in total. The first kappa shape index (κ1) is 31.1. The molecule has 1 aromatic heterocycles. The van der Waals surface area contributed by atoms with E-state index in [9.17, 15) is 5.11 Å². The van der Waals surface area contributed by atoms with Gasteiger partial charge in [-0.25, -0.2) is 4.98 Å². The number of pyridine rings is 1. The fourth-order valence-electron chi connectivity index (χ4n) is 6.98. The lowest BCUT2D eigenvalue weighted by atomic mass is 9.70. The first-order chi connectivity index (χ1) is 21.5. The summed E-state index contributed by atoms with van der Waals surface area (Å²) in [5.74, 6) is 0.321. The maximum absolute atomic E-state index is 11.2. The van der Waals surface area contributed by atoms with Gasteiger partial charge < -0.3 is 16.6 Å². The Balaban J connectivity index is 1.55. The predicted molar refractivity (Wildman–Crippen MR) is 187 cm³/mol. The van der Waals surface area contributed by atoms with Gasteiger partial charge in [0.2, 0.25) is 0 Å². The fraction of sp³-hybridized carbons (Fsp3) is 0.325. The molecular weight excluding hydrogens is 538 g/mol. The Morgan fingerprint density at radius 1 is 0.750 bits per heavy atom. The first-order valence-corrected chi connectivity index (χ1v) is 16.4. The summed E-state index contributed by atoms with van der Waals surface area (Å²) in [6.45, 7) is 4.53. The van der Waals surface area contributed by atoms with Gasteiger partial charge in [-0.15, -0.1) is 0 Å². The summed E-state index contributed by atoms with van der Waals surface area (Å²) in [6, 6.07) is 24.9. The van der Waals surface area contributed by atoms with Crippen LogP contribution in [0.4, 0.5) is 5.69 Å². The SMILES string of the molecule is CCCCCCC1(CCCCCC)c2ccc(-c3ccc(-c4ccccc4C=C/C=C\N)c(N)c3)nc2-c2c(O)cccc21. The molecule has 0 atom stereocenters. The number of hydrogen-bond donors (Lipinski definition) is 3. The molecule has 0 spiro atoms. The van der Waals surface area contributed by atoms with Crippen molar-refractivity contribution in [2.24, 2.45) is 5.73 Å². The molecular formula is C40H47N3O. The van der Waals surface area contributed by atoms with Crippen molar-refractivity contribution in [2.75, 3.05) is 5.73 Å². The average molecular weight is 586 g/mol. The van der Waals surface area contributed by atoms with E-state index in [0.29, 0.717) is 11.4 Å². The molecule has 5 N–H and O–H groups in total. The van der Waals surface area contributed by atoms with Crippen molar-refractivity contribution in [1.29, 1.82) is 0 Å². The zero-order valence-corrected chi connectivity index (χ0v) is 26.4. The molecule has 4 heteroatoms. The Bertz CT molecular complexity index is 1620. The topological polar surface area (TPSA) is 85.2 Å². The van der Waals surface area contributed by atoms with Crippen LogP contribution in [0.5, 0.6) is 5.75 Å². The van der Waals surface area contributed by atoms with Crippen molar-refractivity contribution in [1.82, 2.24) is 4.98 Å². The Morgan fingerprint density at radius 2 is 1.50 bits per heavy atom. The Morgan fingerprint density at radius 3 is 2.20 bits per heavy atom. The largest absolute Gasteiger partial charge is 0.507 e. The number of hydrogen-bond acceptors (Lipinski definition) is 4. The summed E-state index contributed by atoms with van der Waals surface area (Å²) in [7, 11) is 0. The van der Waals surface area contributed by atoms with Gasteiger partial charge in [0.25, 0.3) is 0 Å². The van der Waals surface area contributed by atoms with Gasteiger partial charge in [-0.2, -0.15) is 0 Å². The van der Waals surface area contributed by atoms with Crippen LogP contribution < -0.4 is 11.5 Å². The van der Waals surface area contributed by atoms with Gasteiger partial charge in [-0.3, -0.25) is 0 Å². The van der Waals surface area contributed by atoms with Crippen LogP contribution in [0, 0.1) is 0 Å². The van der Waals surface area contributed by atoms with E-state index in [1.165, 1.54) is 68.7 Å². The monoisotopic (exact) mass is 585 g/mol. The van der Waals surface area contributed by atoms with E-state index >= 15 is 0 Å². The molecule has 0 saturated heterocycles. The molecule has 228 valence electrons. The molecule has 44 heavy (non-hydrogen) atoms. The number of fused-ring (bicyclic) bond motifs is 3. The number of allylic oxidation sites excluding steroid dienone is 2. The number of phenols is 1. The minimum atomic E-state index is -0.115. The lowest BCUT2D eigenvalue weighted by Gasteiger charge is -2.32. The number of benzene rings is 3. The highest BCUT2D eigenvalue weighted by Crippen LogP contribution is 2.56. The Hall–Kier alpha value is -4.31. The average Bonchev–Trinajstić information content (AvgIpc) is 3.32. The third-order valence-electron chi connectivity index (χ3n) is 9.22. The van der Waals surface area contributed by atoms with Crippen LogP contribution in [-0.4, -0.2) is 10.1 Å². The van der Waals surface area contributed by atoms with E-state index in [0.717, 1.165) is 52.0 Å². The lowest BCUT2D eigenvalue weighted by Crippen LogP contribution is -2.25.